The predicted octanol–water partition coefficient (Wildman–Crippen LogP) is 3.82. The van der Waals surface area contributed by atoms with Crippen LogP contribution in [0, 0.1) is 0 Å². The first-order valence-electron chi connectivity index (χ1n) is 6.78. The molecule has 0 aliphatic carbocycles. The van der Waals surface area contributed by atoms with Crippen molar-refractivity contribution in [3.63, 3.8) is 0 Å². The lowest BCUT2D eigenvalue weighted by Crippen LogP contribution is -2.18. The SMILES string of the molecule is CCOP(=O)(CC1CCOc2ccccc21)OCC. The summed E-state index contributed by atoms with van der Waals surface area (Å²) in [5, 5.41) is 0. The Morgan fingerprint density at radius 3 is 2.63 bits per heavy atom. The van der Waals surface area contributed by atoms with Crippen LogP contribution in [0.2, 0.25) is 0 Å². The van der Waals surface area contributed by atoms with Crippen LogP contribution in [-0.2, 0) is 13.6 Å². The van der Waals surface area contributed by atoms with Gasteiger partial charge in [-0.2, -0.15) is 0 Å². The molecule has 0 saturated carbocycles. The highest BCUT2D eigenvalue weighted by Gasteiger charge is 2.32. The maximum absolute atomic E-state index is 12.6. The third-order valence-corrected chi connectivity index (χ3v) is 5.37. The van der Waals surface area contributed by atoms with Crippen LogP contribution in [0.4, 0.5) is 0 Å². The molecular weight excluding hydrogens is 263 g/mol. The molecule has 4 nitrogen and oxygen atoms in total. The third-order valence-electron chi connectivity index (χ3n) is 3.18. The first-order valence-corrected chi connectivity index (χ1v) is 8.51. The Balaban J connectivity index is 2.17. The van der Waals surface area contributed by atoms with Crippen LogP contribution in [0.1, 0.15) is 31.7 Å². The first kappa shape index (κ1) is 14.6. The molecule has 1 unspecified atom stereocenters. The first-order chi connectivity index (χ1) is 9.18. The van der Waals surface area contributed by atoms with Crippen LogP contribution in [0.5, 0.6) is 5.75 Å². The van der Waals surface area contributed by atoms with Crippen LogP contribution in [0.25, 0.3) is 0 Å². The molecule has 1 atom stereocenters. The van der Waals surface area contributed by atoms with Crippen molar-refractivity contribution in [1.29, 1.82) is 0 Å². The van der Waals surface area contributed by atoms with Crippen LogP contribution in [0.15, 0.2) is 24.3 Å². The summed E-state index contributed by atoms with van der Waals surface area (Å²) in [6.07, 6.45) is 1.27. The highest BCUT2D eigenvalue weighted by atomic mass is 31.2. The highest BCUT2D eigenvalue weighted by molar-refractivity contribution is 7.53. The molecule has 0 bridgehead atoms. The van der Waals surface area contributed by atoms with E-state index in [1.807, 2.05) is 38.1 Å². The number of hydrogen-bond acceptors (Lipinski definition) is 4. The molecule has 1 heterocycles. The Morgan fingerprint density at radius 1 is 1.26 bits per heavy atom. The number of hydrogen-bond donors (Lipinski definition) is 0. The zero-order chi connectivity index (χ0) is 13.7. The normalized spacial score (nSPS) is 18.7. The molecule has 0 spiro atoms. The Morgan fingerprint density at radius 2 is 1.95 bits per heavy atom. The second-order valence-corrected chi connectivity index (χ2v) is 6.60. The molecule has 5 heteroatoms. The molecule has 0 amide bonds. The van der Waals surface area contributed by atoms with Crippen molar-refractivity contribution in [2.24, 2.45) is 0 Å². The fourth-order valence-electron chi connectivity index (χ4n) is 2.41. The van der Waals surface area contributed by atoms with Gasteiger partial charge >= 0.3 is 7.60 Å². The zero-order valence-corrected chi connectivity index (χ0v) is 12.4. The van der Waals surface area contributed by atoms with Gasteiger partial charge < -0.3 is 13.8 Å². The van der Waals surface area contributed by atoms with E-state index in [-0.39, 0.29) is 5.92 Å². The van der Waals surface area contributed by atoms with Crippen LogP contribution >= 0.6 is 7.60 Å². The van der Waals surface area contributed by atoms with Gasteiger partial charge in [0.15, 0.2) is 0 Å². The van der Waals surface area contributed by atoms with E-state index in [1.165, 1.54) is 0 Å². The summed E-state index contributed by atoms with van der Waals surface area (Å²) in [5.74, 6) is 1.06. The van der Waals surface area contributed by atoms with Gasteiger partial charge in [0, 0.05) is 5.92 Å². The molecule has 19 heavy (non-hydrogen) atoms. The molecular formula is C14H21O4P. The van der Waals surface area contributed by atoms with Crippen molar-refractivity contribution in [1.82, 2.24) is 0 Å². The van der Waals surface area contributed by atoms with Crippen molar-refractivity contribution in [2.75, 3.05) is 26.0 Å². The zero-order valence-electron chi connectivity index (χ0n) is 11.5. The van der Waals surface area contributed by atoms with E-state index in [4.69, 9.17) is 13.8 Å². The topological polar surface area (TPSA) is 44.8 Å². The number of para-hydroxylation sites is 1. The monoisotopic (exact) mass is 284 g/mol. The lowest BCUT2D eigenvalue weighted by atomic mass is 9.95. The summed E-state index contributed by atoms with van der Waals surface area (Å²) < 4.78 is 29.0. The molecule has 1 aliphatic rings. The maximum atomic E-state index is 12.6. The smallest absolute Gasteiger partial charge is 0.331 e. The molecule has 1 aromatic rings. The molecule has 0 saturated heterocycles. The van der Waals surface area contributed by atoms with Gasteiger partial charge in [-0.25, -0.2) is 0 Å². The van der Waals surface area contributed by atoms with E-state index in [9.17, 15) is 4.57 Å². The molecule has 106 valence electrons. The Kier molecular flexibility index (Phi) is 5.03. The average molecular weight is 284 g/mol. The predicted molar refractivity (Wildman–Crippen MR) is 75.0 cm³/mol. The van der Waals surface area contributed by atoms with Gasteiger partial charge in [0.1, 0.15) is 5.75 Å². The minimum absolute atomic E-state index is 0.175. The molecule has 0 fully saturated rings. The number of ether oxygens (including phenoxy) is 1. The number of rotatable bonds is 6. The fourth-order valence-corrected chi connectivity index (χ4v) is 4.40. The second kappa shape index (κ2) is 6.56. The summed E-state index contributed by atoms with van der Waals surface area (Å²) in [7, 11) is -3.00. The fraction of sp³-hybridized carbons (Fsp3) is 0.571. The summed E-state index contributed by atoms with van der Waals surface area (Å²) in [4.78, 5) is 0. The Bertz CT molecular complexity index is 451. The third kappa shape index (κ3) is 3.59. The number of benzene rings is 1. The molecule has 0 aromatic heterocycles. The minimum Gasteiger partial charge on any atom is -0.493 e. The summed E-state index contributed by atoms with van der Waals surface area (Å²) in [6.45, 7) is 5.14. The van der Waals surface area contributed by atoms with Gasteiger partial charge in [-0.1, -0.05) is 18.2 Å². The van der Waals surface area contributed by atoms with E-state index in [0.717, 1.165) is 17.7 Å². The standard InChI is InChI=1S/C14H21O4P/c1-3-17-19(15,18-4-2)11-12-9-10-16-14-8-6-5-7-13(12)14/h5-8,12H,3-4,9-11H2,1-2H3. The number of fused-ring (bicyclic) bond motifs is 1. The van der Waals surface area contributed by atoms with Crippen molar-refractivity contribution in [3.8, 4) is 5.75 Å². The summed E-state index contributed by atoms with van der Waals surface area (Å²) in [5.41, 5.74) is 1.10. The van der Waals surface area contributed by atoms with Crippen LogP contribution in [-0.4, -0.2) is 26.0 Å². The average Bonchev–Trinajstić information content (AvgIpc) is 2.39. The quantitative estimate of drug-likeness (QED) is 0.745. The lowest BCUT2D eigenvalue weighted by Gasteiger charge is -2.28. The summed E-state index contributed by atoms with van der Waals surface area (Å²) >= 11 is 0. The van der Waals surface area contributed by atoms with Crippen LogP contribution < -0.4 is 4.74 Å². The Hall–Kier alpha value is -0.830. The molecule has 2 rings (SSSR count). The highest BCUT2D eigenvalue weighted by Crippen LogP contribution is 2.53. The summed E-state index contributed by atoms with van der Waals surface area (Å²) in [6, 6.07) is 7.91. The van der Waals surface area contributed by atoms with Crippen molar-refractivity contribution < 1.29 is 18.3 Å². The Labute approximate surface area is 114 Å². The van der Waals surface area contributed by atoms with Crippen molar-refractivity contribution >= 4 is 7.60 Å². The van der Waals surface area contributed by atoms with Crippen molar-refractivity contribution in [2.45, 2.75) is 26.2 Å². The second-order valence-electron chi connectivity index (χ2n) is 4.50. The van der Waals surface area contributed by atoms with Gasteiger partial charge in [0.05, 0.1) is 26.0 Å². The van der Waals surface area contributed by atoms with E-state index in [0.29, 0.717) is 26.0 Å². The van der Waals surface area contributed by atoms with Gasteiger partial charge in [-0.05, 0) is 31.9 Å². The van der Waals surface area contributed by atoms with Crippen LogP contribution in [0.3, 0.4) is 0 Å². The van der Waals surface area contributed by atoms with E-state index in [2.05, 4.69) is 0 Å². The maximum Gasteiger partial charge on any atom is 0.331 e. The van der Waals surface area contributed by atoms with Crippen molar-refractivity contribution in [3.05, 3.63) is 29.8 Å². The molecule has 1 aromatic carbocycles. The van der Waals surface area contributed by atoms with E-state index in [1.54, 1.807) is 0 Å². The minimum atomic E-state index is -3.00. The van der Waals surface area contributed by atoms with Gasteiger partial charge in [0.2, 0.25) is 0 Å². The molecule has 0 N–H and O–H groups in total. The molecule has 0 radical (unpaired) electrons. The van der Waals surface area contributed by atoms with E-state index >= 15 is 0 Å². The van der Waals surface area contributed by atoms with E-state index < -0.39 is 7.60 Å². The largest absolute Gasteiger partial charge is 0.493 e. The van der Waals surface area contributed by atoms with Gasteiger partial charge in [0.25, 0.3) is 0 Å². The lowest BCUT2D eigenvalue weighted by molar-refractivity contribution is 0.213. The van der Waals surface area contributed by atoms with Gasteiger partial charge in [-0.15, -0.1) is 0 Å². The van der Waals surface area contributed by atoms with Gasteiger partial charge in [-0.3, -0.25) is 4.57 Å². The molecule has 1 aliphatic heterocycles.